The van der Waals surface area contributed by atoms with Gasteiger partial charge >= 0.3 is 0 Å². The first-order chi connectivity index (χ1) is 19.3. The van der Waals surface area contributed by atoms with Gasteiger partial charge in [-0.3, -0.25) is 0 Å². The highest BCUT2D eigenvalue weighted by Crippen LogP contribution is 2.33. The van der Waals surface area contributed by atoms with E-state index in [9.17, 15) is 0 Å². The summed E-state index contributed by atoms with van der Waals surface area (Å²) in [5, 5.41) is 6.14. The van der Waals surface area contributed by atoms with Gasteiger partial charge in [-0.1, -0.05) is 72.7 Å². The third kappa shape index (κ3) is 7.34. The van der Waals surface area contributed by atoms with Crippen LogP contribution in [0.25, 0.3) is 0 Å². The Morgan fingerprint density at radius 3 is 0.950 bits per heavy atom. The predicted molar refractivity (Wildman–Crippen MR) is 179 cm³/mol. The highest BCUT2D eigenvalue weighted by Gasteiger charge is 2.33. The van der Waals surface area contributed by atoms with Gasteiger partial charge in [-0.15, -0.1) is 0 Å². The zero-order valence-electron chi connectivity index (χ0n) is 25.6. The van der Waals surface area contributed by atoms with Crippen LogP contribution in [0.2, 0.25) is 15.5 Å². The van der Waals surface area contributed by atoms with Gasteiger partial charge < -0.3 is 28.4 Å². The van der Waals surface area contributed by atoms with Crippen molar-refractivity contribution in [2.75, 3.05) is 42.7 Å². The van der Waals surface area contributed by atoms with E-state index in [1.54, 1.807) is 42.7 Å². The smallest absolute Gasteiger partial charge is 0.160 e. The molecule has 0 radical (unpaired) electrons. The molecule has 6 nitrogen and oxygen atoms in total. The number of benzene rings is 3. The predicted octanol–water partition coefficient (Wildman–Crippen LogP) is 1.79. The fourth-order valence-corrected chi connectivity index (χ4v) is 31.6. The van der Waals surface area contributed by atoms with Crippen molar-refractivity contribution < 1.29 is 28.4 Å². The zero-order valence-corrected chi connectivity index (χ0v) is 31.0. The van der Waals surface area contributed by atoms with Crippen molar-refractivity contribution in [2.45, 2.75) is 36.3 Å². The third-order valence-corrected chi connectivity index (χ3v) is 23.9. The largest absolute Gasteiger partial charge is 0.493 e. The van der Waals surface area contributed by atoms with Gasteiger partial charge in [0.05, 0.1) is 71.2 Å². The Balaban J connectivity index is 1.99. The third-order valence-electron chi connectivity index (χ3n) is 8.05. The van der Waals surface area contributed by atoms with E-state index in [1.807, 2.05) is 18.2 Å². The lowest BCUT2D eigenvalue weighted by molar-refractivity contribution is 0.357. The van der Waals surface area contributed by atoms with Gasteiger partial charge in [0.1, 0.15) is 0 Å². The summed E-state index contributed by atoms with van der Waals surface area (Å²) in [6, 6.07) is 19.0. The molecule has 0 aliphatic carbocycles. The molecule has 3 aromatic carbocycles. The van der Waals surface area contributed by atoms with Crippen molar-refractivity contribution in [2.24, 2.45) is 0 Å². The van der Waals surface area contributed by atoms with Gasteiger partial charge in [-0.2, -0.15) is 0 Å². The molecule has 0 aliphatic rings. The molecular weight excluding hydrogens is 569 g/mol. The van der Waals surface area contributed by atoms with E-state index in [-0.39, 0.29) is 0 Å². The van der Waals surface area contributed by atoms with Gasteiger partial charge in [-0.05, 0) is 33.8 Å². The monoisotopic (exact) mass is 614 g/mol. The van der Waals surface area contributed by atoms with Crippen molar-refractivity contribution in [1.82, 2.24) is 0 Å². The molecule has 0 N–H and O–H groups in total. The van der Waals surface area contributed by atoms with Gasteiger partial charge in [0, 0.05) is 8.80 Å². The maximum absolute atomic E-state index is 5.85. The van der Waals surface area contributed by atoms with Crippen molar-refractivity contribution in [3.8, 4) is 34.5 Å². The Labute approximate surface area is 248 Å². The first kappa shape index (κ1) is 31.8. The standard InChI is InChI=1S/C30H46O6Si4/c1-19(37-25-16-10-13-22(31-4)28(25)34-7)40(20(2)38-26-17-11-14-23(32-5)29(26)35-8)21(3)39-27-18-12-15-24(33-6)30(27)36-9/h10-21,40H,37-39H2,1-9H3. The maximum atomic E-state index is 5.85. The highest BCUT2D eigenvalue weighted by molar-refractivity contribution is 6.91. The summed E-state index contributed by atoms with van der Waals surface area (Å²) in [4.78, 5) is 0. The fraction of sp³-hybridized carbons (Fsp3) is 0.400. The van der Waals surface area contributed by atoms with Crippen LogP contribution in [0, 0.1) is 0 Å². The van der Waals surface area contributed by atoms with Crippen LogP contribution in [0.5, 0.6) is 34.5 Å². The lowest BCUT2D eigenvalue weighted by atomic mass is 10.3. The molecule has 0 fully saturated rings. The summed E-state index contributed by atoms with van der Waals surface area (Å²) in [7, 11) is 7.21. The first-order valence-corrected chi connectivity index (χ1v) is 20.5. The Bertz CT molecular complexity index is 1090. The van der Waals surface area contributed by atoms with Crippen LogP contribution in [-0.2, 0) is 0 Å². The van der Waals surface area contributed by atoms with E-state index in [4.69, 9.17) is 28.4 Å². The lowest BCUT2D eigenvalue weighted by Crippen LogP contribution is -2.43. The summed E-state index contributed by atoms with van der Waals surface area (Å²) < 4.78 is 34.5. The lowest BCUT2D eigenvalue weighted by Gasteiger charge is -2.34. The summed E-state index contributed by atoms with van der Waals surface area (Å²) in [6.45, 7) is 7.55. The summed E-state index contributed by atoms with van der Waals surface area (Å²) in [5.41, 5.74) is 0. The minimum Gasteiger partial charge on any atom is -0.493 e. The molecule has 0 bridgehead atoms. The van der Waals surface area contributed by atoms with Gasteiger partial charge in [0.15, 0.2) is 34.5 Å². The first-order valence-electron chi connectivity index (χ1n) is 13.9. The Morgan fingerprint density at radius 1 is 0.450 bits per heavy atom. The van der Waals surface area contributed by atoms with Gasteiger partial charge in [0.25, 0.3) is 0 Å². The number of hydrogen-bond donors (Lipinski definition) is 0. The number of rotatable bonds is 15. The summed E-state index contributed by atoms with van der Waals surface area (Å²) >= 11 is 0. The van der Waals surface area contributed by atoms with Gasteiger partial charge in [0.2, 0.25) is 0 Å². The van der Waals surface area contributed by atoms with E-state index in [0.29, 0.717) is 15.5 Å². The molecule has 0 aliphatic heterocycles. The van der Waals surface area contributed by atoms with Crippen LogP contribution >= 0.6 is 0 Å². The average Bonchev–Trinajstić information content (AvgIpc) is 2.96. The van der Waals surface area contributed by atoms with Crippen LogP contribution in [0.3, 0.4) is 0 Å². The molecule has 0 saturated carbocycles. The Morgan fingerprint density at radius 2 is 0.725 bits per heavy atom. The SMILES string of the molecule is COc1cccc([SiH2]C(C)[SiH](C(C)[SiH2]c2cccc(OC)c2OC)C(C)[SiH2]c2cccc(OC)c2OC)c1OC. The molecule has 3 aromatic rings. The van der Waals surface area contributed by atoms with Crippen LogP contribution < -0.4 is 44.0 Å². The minimum absolute atomic E-state index is 0.634. The number of methoxy groups -OCH3 is 6. The van der Waals surface area contributed by atoms with E-state index in [0.717, 1.165) is 34.5 Å². The van der Waals surface area contributed by atoms with E-state index in [2.05, 4.69) is 57.2 Å². The Hall–Kier alpha value is -2.67. The molecule has 3 unspecified atom stereocenters. The minimum atomic E-state index is -1.30. The van der Waals surface area contributed by atoms with E-state index in [1.165, 1.54) is 15.6 Å². The molecule has 3 atom stereocenters. The van der Waals surface area contributed by atoms with Crippen LogP contribution in [0.4, 0.5) is 0 Å². The molecule has 0 spiro atoms. The number of ether oxygens (including phenoxy) is 6. The van der Waals surface area contributed by atoms with E-state index >= 15 is 0 Å². The zero-order chi connectivity index (χ0) is 29.2. The normalized spacial score (nSPS) is 14.9. The summed E-state index contributed by atoms with van der Waals surface area (Å²) in [5.74, 6) is 5.21. The molecule has 218 valence electrons. The fourth-order valence-electron chi connectivity index (χ4n) is 6.47. The second-order valence-electron chi connectivity index (χ2n) is 10.6. The van der Waals surface area contributed by atoms with E-state index < -0.39 is 37.4 Å². The molecule has 0 amide bonds. The second-order valence-corrected chi connectivity index (χ2v) is 25.4. The average molecular weight is 615 g/mol. The second kappa shape index (κ2) is 15.4. The van der Waals surface area contributed by atoms with Crippen molar-refractivity contribution in [3.63, 3.8) is 0 Å². The Kier molecular flexibility index (Phi) is 12.2. The molecule has 40 heavy (non-hydrogen) atoms. The molecule has 0 heterocycles. The number of hydrogen-bond acceptors (Lipinski definition) is 6. The van der Waals surface area contributed by atoms with Gasteiger partial charge in [-0.25, -0.2) is 0 Å². The van der Waals surface area contributed by atoms with Crippen LogP contribution in [-0.4, -0.2) is 80.0 Å². The number of para-hydroxylation sites is 3. The molecule has 10 heteroatoms. The molecule has 0 saturated heterocycles. The van der Waals surface area contributed by atoms with Crippen molar-refractivity contribution >= 4 is 52.9 Å². The van der Waals surface area contributed by atoms with Crippen LogP contribution in [0.15, 0.2) is 54.6 Å². The van der Waals surface area contributed by atoms with Crippen molar-refractivity contribution in [1.29, 1.82) is 0 Å². The van der Waals surface area contributed by atoms with Crippen LogP contribution in [0.1, 0.15) is 20.8 Å². The quantitative estimate of drug-likeness (QED) is 0.244. The maximum Gasteiger partial charge on any atom is 0.160 e. The summed E-state index contributed by atoms with van der Waals surface area (Å²) in [6.07, 6.45) is 0. The molecular formula is C30H46O6Si4. The molecule has 3 rings (SSSR count). The highest BCUT2D eigenvalue weighted by atomic mass is 28.4. The molecule has 0 aromatic heterocycles. The van der Waals surface area contributed by atoms with Crippen molar-refractivity contribution in [3.05, 3.63) is 54.6 Å². The topological polar surface area (TPSA) is 55.4 Å².